The molecule has 0 N–H and O–H groups in total. The molecule has 1 heterocycles. The lowest BCUT2D eigenvalue weighted by Gasteiger charge is -2.10. The molecule has 0 aliphatic carbocycles. The van der Waals surface area contributed by atoms with Crippen LogP contribution in [0.25, 0.3) is 10.4 Å². The van der Waals surface area contributed by atoms with Gasteiger partial charge in [-0.15, -0.1) is 0 Å². The van der Waals surface area contributed by atoms with E-state index >= 15 is 0 Å². The van der Waals surface area contributed by atoms with Gasteiger partial charge in [0.15, 0.2) is 0 Å². The lowest BCUT2D eigenvalue weighted by Crippen LogP contribution is -2.11. The van der Waals surface area contributed by atoms with Gasteiger partial charge in [-0.2, -0.15) is 4.37 Å². The molecule has 5 heteroatoms. The van der Waals surface area contributed by atoms with E-state index in [1.165, 1.54) is 11.5 Å². The highest BCUT2D eigenvalue weighted by molar-refractivity contribution is 7.09. The third kappa shape index (κ3) is 2.86. The minimum absolute atomic E-state index is 0.187. The van der Waals surface area contributed by atoms with E-state index in [4.69, 9.17) is 4.74 Å². The van der Waals surface area contributed by atoms with Crippen LogP contribution in [0.5, 0.6) is 5.88 Å². The molecule has 0 spiro atoms. The molecule has 0 bridgehead atoms. The Morgan fingerprint density at radius 1 is 1.33 bits per heavy atom. The first-order chi connectivity index (χ1) is 8.60. The van der Waals surface area contributed by atoms with Gasteiger partial charge in [-0.1, -0.05) is 12.1 Å². The van der Waals surface area contributed by atoms with Crippen molar-refractivity contribution in [3.63, 3.8) is 0 Å². The summed E-state index contributed by atoms with van der Waals surface area (Å²) < 4.78 is 23.0. The number of hydrogen-bond donors (Lipinski definition) is 0. The Bertz CT molecular complexity index is 540. The average Bonchev–Trinajstić information content (AvgIpc) is 2.80. The first-order valence-electron chi connectivity index (χ1n) is 5.54. The molecule has 0 saturated carbocycles. The summed E-state index contributed by atoms with van der Waals surface area (Å²) in [5.74, 6) is 0.376. The first-order valence-corrected chi connectivity index (χ1v) is 6.31. The van der Waals surface area contributed by atoms with E-state index in [2.05, 4.69) is 4.37 Å². The van der Waals surface area contributed by atoms with Crippen LogP contribution in [-0.2, 0) is 6.54 Å². The molecule has 2 aromatic rings. The summed E-state index contributed by atoms with van der Waals surface area (Å²) in [5.41, 5.74) is 1.52. The molecule has 0 amide bonds. The zero-order chi connectivity index (χ0) is 13.1. The van der Waals surface area contributed by atoms with E-state index in [9.17, 15) is 4.39 Å². The largest absolute Gasteiger partial charge is 0.480 e. The highest BCUT2D eigenvalue weighted by atomic mass is 32.1. The van der Waals surface area contributed by atoms with Crippen LogP contribution in [0.4, 0.5) is 4.39 Å². The zero-order valence-corrected chi connectivity index (χ0v) is 11.4. The smallest absolute Gasteiger partial charge is 0.225 e. The maximum absolute atomic E-state index is 13.9. The van der Waals surface area contributed by atoms with Gasteiger partial charge in [-0.05, 0) is 37.3 Å². The normalized spacial score (nSPS) is 10.9. The van der Waals surface area contributed by atoms with Crippen molar-refractivity contribution in [2.75, 3.05) is 21.2 Å². The molecule has 3 nitrogen and oxygen atoms in total. The van der Waals surface area contributed by atoms with E-state index in [1.807, 2.05) is 37.2 Å². The molecular weight excluding hydrogens is 251 g/mol. The molecule has 0 saturated heterocycles. The summed E-state index contributed by atoms with van der Waals surface area (Å²) in [6.45, 7) is 0.595. The van der Waals surface area contributed by atoms with Gasteiger partial charge in [0, 0.05) is 18.2 Å². The van der Waals surface area contributed by atoms with Crippen molar-refractivity contribution >= 4 is 11.5 Å². The van der Waals surface area contributed by atoms with E-state index in [1.54, 1.807) is 13.2 Å². The number of ether oxygens (including phenoxy) is 1. The maximum atomic E-state index is 13.9. The number of benzene rings is 1. The number of halogens is 1. The van der Waals surface area contributed by atoms with Crippen molar-refractivity contribution in [3.8, 4) is 16.3 Å². The summed E-state index contributed by atoms with van der Waals surface area (Å²) >= 11 is 1.30. The minimum Gasteiger partial charge on any atom is -0.480 e. The number of methoxy groups -OCH3 is 1. The van der Waals surface area contributed by atoms with Crippen molar-refractivity contribution in [2.45, 2.75) is 6.54 Å². The van der Waals surface area contributed by atoms with Gasteiger partial charge in [0.05, 0.1) is 12.0 Å². The van der Waals surface area contributed by atoms with E-state index < -0.39 is 0 Å². The summed E-state index contributed by atoms with van der Waals surface area (Å²) in [6.07, 6.45) is 0. The predicted octanol–water partition coefficient (Wildman–Crippen LogP) is 3.02. The van der Waals surface area contributed by atoms with Crippen LogP contribution in [0.1, 0.15) is 5.56 Å². The third-order valence-corrected chi connectivity index (χ3v) is 3.34. The second-order valence-corrected chi connectivity index (χ2v) is 5.08. The molecule has 0 unspecified atom stereocenters. The number of aromatic nitrogens is 1. The third-order valence-electron chi connectivity index (χ3n) is 2.52. The molecular formula is C13H15FN2OS. The molecule has 0 fully saturated rings. The quantitative estimate of drug-likeness (QED) is 0.850. The zero-order valence-electron chi connectivity index (χ0n) is 10.6. The van der Waals surface area contributed by atoms with Gasteiger partial charge < -0.3 is 9.64 Å². The van der Waals surface area contributed by atoms with Crippen LogP contribution in [0, 0.1) is 5.82 Å². The lowest BCUT2D eigenvalue weighted by molar-refractivity contribution is 0.392. The van der Waals surface area contributed by atoms with Gasteiger partial charge in [-0.25, -0.2) is 4.39 Å². The summed E-state index contributed by atoms with van der Waals surface area (Å²) in [7, 11) is 5.41. The standard InChI is InChI=1S/C13H15FN2OS/c1-16(2)8-10-5-4-9(6-11(10)14)12-7-13(17-3)15-18-12/h4-7H,8H2,1-3H3. The Kier molecular flexibility index (Phi) is 3.93. The minimum atomic E-state index is -0.187. The monoisotopic (exact) mass is 266 g/mol. The number of hydrogen-bond acceptors (Lipinski definition) is 4. The molecule has 1 aromatic carbocycles. The summed E-state index contributed by atoms with van der Waals surface area (Å²) in [5, 5.41) is 0. The second-order valence-electron chi connectivity index (χ2n) is 4.28. The summed E-state index contributed by atoms with van der Waals surface area (Å²) in [6, 6.07) is 7.09. The number of rotatable bonds is 4. The van der Waals surface area contributed by atoms with Crippen LogP contribution in [-0.4, -0.2) is 30.5 Å². The van der Waals surface area contributed by atoms with Crippen molar-refractivity contribution in [3.05, 3.63) is 35.6 Å². The predicted molar refractivity (Wildman–Crippen MR) is 71.5 cm³/mol. The van der Waals surface area contributed by atoms with Gasteiger partial charge in [0.2, 0.25) is 5.88 Å². The van der Waals surface area contributed by atoms with Crippen LogP contribution in [0.3, 0.4) is 0 Å². The Hall–Kier alpha value is -1.46. The highest BCUT2D eigenvalue weighted by Gasteiger charge is 2.09. The Morgan fingerprint density at radius 2 is 2.11 bits per heavy atom. The SMILES string of the molecule is COc1cc(-c2ccc(CN(C)C)c(F)c2)sn1. The van der Waals surface area contributed by atoms with Crippen molar-refractivity contribution in [1.29, 1.82) is 0 Å². The molecule has 1 aromatic heterocycles. The van der Waals surface area contributed by atoms with Gasteiger partial charge >= 0.3 is 0 Å². The van der Waals surface area contributed by atoms with Crippen molar-refractivity contribution < 1.29 is 9.13 Å². The van der Waals surface area contributed by atoms with E-state index in [0.717, 1.165) is 10.4 Å². The van der Waals surface area contributed by atoms with E-state index in [-0.39, 0.29) is 5.82 Å². The molecule has 0 radical (unpaired) electrons. The molecule has 18 heavy (non-hydrogen) atoms. The van der Waals surface area contributed by atoms with Crippen LogP contribution < -0.4 is 4.74 Å². The van der Waals surface area contributed by atoms with Gasteiger partial charge in [-0.3, -0.25) is 0 Å². The molecule has 2 rings (SSSR count). The lowest BCUT2D eigenvalue weighted by atomic mass is 10.1. The Labute approximate surface area is 110 Å². The second kappa shape index (κ2) is 5.46. The fraction of sp³-hybridized carbons (Fsp3) is 0.308. The van der Waals surface area contributed by atoms with Crippen LogP contribution >= 0.6 is 11.5 Å². The molecule has 0 aliphatic rings. The number of nitrogens with zero attached hydrogens (tertiary/aromatic N) is 2. The molecule has 0 atom stereocenters. The molecule has 0 aliphatic heterocycles. The summed E-state index contributed by atoms with van der Waals surface area (Å²) in [4.78, 5) is 2.84. The topological polar surface area (TPSA) is 25.4 Å². The van der Waals surface area contributed by atoms with E-state index in [0.29, 0.717) is 18.0 Å². The van der Waals surface area contributed by atoms with Crippen molar-refractivity contribution in [2.24, 2.45) is 0 Å². The Morgan fingerprint density at radius 3 is 2.67 bits per heavy atom. The van der Waals surface area contributed by atoms with Crippen LogP contribution in [0.15, 0.2) is 24.3 Å². The van der Waals surface area contributed by atoms with Crippen molar-refractivity contribution in [1.82, 2.24) is 9.27 Å². The fourth-order valence-electron chi connectivity index (χ4n) is 1.66. The van der Waals surface area contributed by atoms with Crippen LogP contribution in [0.2, 0.25) is 0 Å². The average molecular weight is 266 g/mol. The van der Waals surface area contributed by atoms with Gasteiger partial charge in [0.25, 0.3) is 0 Å². The maximum Gasteiger partial charge on any atom is 0.225 e. The molecule has 96 valence electrons. The first kappa shape index (κ1) is 13.0. The fourth-order valence-corrected chi connectivity index (χ4v) is 2.36. The highest BCUT2D eigenvalue weighted by Crippen LogP contribution is 2.29. The van der Waals surface area contributed by atoms with Gasteiger partial charge in [0.1, 0.15) is 5.82 Å². The Balaban J connectivity index is 2.28.